The fourth-order valence-corrected chi connectivity index (χ4v) is 4.78. The molecule has 1 aromatic carbocycles. The molecule has 1 fully saturated rings. The van der Waals surface area contributed by atoms with Crippen molar-refractivity contribution in [3.63, 3.8) is 0 Å². The predicted molar refractivity (Wildman–Crippen MR) is 104 cm³/mol. The number of amides is 1. The summed E-state index contributed by atoms with van der Waals surface area (Å²) in [5.41, 5.74) is 0.418. The lowest BCUT2D eigenvalue weighted by Gasteiger charge is -2.42. The molecule has 1 spiro atoms. The summed E-state index contributed by atoms with van der Waals surface area (Å²) in [5.74, 6) is 1.53. The Morgan fingerprint density at radius 1 is 1.19 bits per heavy atom. The van der Waals surface area contributed by atoms with Crippen LogP contribution in [0.25, 0.3) is 0 Å². The van der Waals surface area contributed by atoms with Gasteiger partial charge in [-0.15, -0.1) is 0 Å². The maximum atomic E-state index is 12.3. The van der Waals surface area contributed by atoms with Crippen molar-refractivity contribution in [1.29, 1.82) is 0 Å². The van der Waals surface area contributed by atoms with Gasteiger partial charge in [0.05, 0.1) is 12.1 Å². The van der Waals surface area contributed by atoms with Crippen molar-refractivity contribution in [2.24, 2.45) is 5.92 Å². The van der Waals surface area contributed by atoms with Gasteiger partial charge in [0, 0.05) is 12.6 Å². The zero-order chi connectivity index (χ0) is 18.0. The van der Waals surface area contributed by atoms with Crippen LogP contribution < -0.4 is 10.1 Å². The first kappa shape index (κ1) is 17.6. The highest BCUT2D eigenvalue weighted by atomic mass is 16.5. The number of para-hydroxylation sites is 1. The molecule has 1 aromatic rings. The summed E-state index contributed by atoms with van der Waals surface area (Å²) < 4.78 is 6.42. The largest absolute Gasteiger partial charge is 0.485 e. The number of fused-ring (bicyclic) bond motifs is 1. The van der Waals surface area contributed by atoms with Gasteiger partial charge in [-0.05, 0) is 70.0 Å². The predicted octanol–water partition coefficient (Wildman–Crippen LogP) is 3.78. The normalized spacial score (nSPS) is 31.2. The highest BCUT2D eigenvalue weighted by molar-refractivity contribution is 5.97. The van der Waals surface area contributed by atoms with Crippen molar-refractivity contribution in [2.75, 3.05) is 20.1 Å². The van der Waals surface area contributed by atoms with E-state index >= 15 is 0 Å². The first-order valence-corrected chi connectivity index (χ1v) is 10.1. The van der Waals surface area contributed by atoms with Gasteiger partial charge in [0.25, 0.3) is 5.91 Å². The average Bonchev–Trinajstić information content (AvgIpc) is 2.80. The summed E-state index contributed by atoms with van der Waals surface area (Å²) in [5, 5.41) is 3.09. The fourth-order valence-electron chi connectivity index (χ4n) is 4.78. The zero-order valence-electron chi connectivity index (χ0n) is 15.7. The maximum Gasteiger partial charge on any atom is 0.255 e. The summed E-state index contributed by atoms with van der Waals surface area (Å²) in [6.07, 6.45) is 12.7. The summed E-state index contributed by atoms with van der Waals surface area (Å²) >= 11 is 0. The average molecular weight is 354 g/mol. The van der Waals surface area contributed by atoms with Crippen LogP contribution >= 0.6 is 0 Å². The number of rotatable bonds is 3. The second-order valence-corrected chi connectivity index (χ2v) is 8.29. The van der Waals surface area contributed by atoms with Crippen LogP contribution in [0.4, 0.5) is 0 Å². The number of carbonyl (C=O) groups is 1. The highest BCUT2D eigenvalue weighted by Gasteiger charge is 2.41. The van der Waals surface area contributed by atoms with E-state index in [2.05, 4.69) is 29.4 Å². The van der Waals surface area contributed by atoms with Crippen molar-refractivity contribution in [3.05, 3.63) is 42.0 Å². The second kappa shape index (κ2) is 7.43. The molecule has 4 heteroatoms. The number of hydrogen-bond acceptors (Lipinski definition) is 3. The molecule has 1 N–H and O–H groups in total. The molecule has 0 saturated heterocycles. The van der Waals surface area contributed by atoms with Gasteiger partial charge in [0.1, 0.15) is 11.4 Å². The van der Waals surface area contributed by atoms with Crippen molar-refractivity contribution in [2.45, 2.75) is 56.6 Å². The van der Waals surface area contributed by atoms with Gasteiger partial charge in [-0.2, -0.15) is 0 Å². The molecule has 140 valence electrons. The van der Waals surface area contributed by atoms with Gasteiger partial charge in [0.15, 0.2) is 0 Å². The van der Waals surface area contributed by atoms with Gasteiger partial charge in [-0.3, -0.25) is 4.79 Å². The van der Waals surface area contributed by atoms with Crippen molar-refractivity contribution in [1.82, 2.24) is 10.2 Å². The number of benzene rings is 1. The van der Waals surface area contributed by atoms with E-state index in [1.54, 1.807) is 0 Å². The van der Waals surface area contributed by atoms with Gasteiger partial charge in [0.2, 0.25) is 0 Å². The Morgan fingerprint density at radius 2 is 2.00 bits per heavy atom. The van der Waals surface area contributed by atoms with Crippen LogP contribution in [-0.2, 0) is 0 Å². The molecule has 0 radical (unpaired) electrons. The third-order valence-corrected chi connectivity index (χ3v) is 6.44. The Balaban J connectivity index is 1.38. The van der Waals surface area contributed by atoms with Gasteiger partial charge in [-0.1, -0.05) is 24.3 Å². The monoisotopic (exact) mass is 354 g/mol. The highest BCUT2D eigenvalue weighted by Crippen LogP contribution is 2.37. The maximum absolute atomic E-state index is 12.3. The van der Waals surface area contributed by atoms with E-state index < -0.39 is 0 Å². The number of nitrogens with zero attached hydrogens (tertiary/aromatic N) is 1. The third kappa shape index (κ3) is 3.66. The topological polar surface area (TPSA) is 41.6 Å². The molecule has 0 bridgehead atoms. The van der Waals surface area contributed by atoms with Crippen LogP contribution in [0.15, 0.2) is 36.4 Å². The van der Waals surface area contributed by atoms with E-state index in [0.717, 1.165) is 37.4 Å². The summed E-state index contributed by atoms with van der Waals surface area (Å²) in [6, 6.07) is 8.25. The number of ether oxygens (including phenoxy) is 1. The smallest absolute Gasteiger partial charge is 0.255 e. The SMILES string of the molecule is CN(C[C@H]1CC=CCC1)C1CCC2(CC1)CNC(=O)c1ccccc1O2. The number of carbonyl (C=O) groups excluding carboxylic acids is 1. The van der Waals surface area contributed by atoms with Crippen molar-refractivity contribution >= 4 is 5.91 Å². The minimum Gasteiger partial charge on any atom is -0.485 e. The molecule has 0 unspecified atom stereocenters. The molecule has 2 aliphatic carbocycles. The minimum atomic E-state index is -0.243. The summed E-state index contributed by atoms with van der Waals surface area (Å²) in [4.78, 5) is 14.9. The quantitative estimate of drug-likeness (QED) is 0.840. The fraction of sp³-hybridized carbons (Fsp3) is 0.591. The Hall–Kier alpha value is -1.81. The lowest BCUT2D eigenvalue weighted by Crippen LogP contribution is -2.51. The van der Waals surface area contributed by atoms with E-state index in [-0.39, 0.29) is 11.5 Å². The van der Waals surface area contributed by atoms with Crippen LogP contribution in [0.3, 0.4) is 0 Å². The first-order valence-electron chi connectivity index (χ1n) is 10.1. The van der Waals surface area contributed by atoms with E-state index in [0.29, 0.717) is 18.2 Å². The molecule has 1 amide bonds. The van der Waals surface area contributed by atoms with Gasteiger partial charge in [-0.25, -0.2) is 0 Å². The number of hydrogen-bond donors (Lipinski definition) is 1. The molecule has 4 nitrogen and oxygen atoms in total. The molecular formula is C22H30N2O2. The molecule has 0 aromatic heterocycles. The molecule has 4 rings (SSSR count). The van der Waals surface area contributed by atoms with Crippen LogP contribution in [-0.4, -0.2) is 42.6 Å². The first-order chi connectivity index (χ1) is 12.7. The number of nitrogens with one attached hydrogen (secondary N) is 1. The van der Waals surface area contributed by atoms with Crippen molar-refractivity contribution < 1.29 is 9.53 Å². The third-order valence-electron chi connectivity index (χ3n) is 6.44. The standard InChI is InChI=1S/C22H30N2O2/c1-24(15-17-7-3-2-4-8-17)18-11-13-22(14-12-18)16-23-21(25)19-9-5-6-10-20(19)26-22/h2-3,5-6,9-10,17-18H,4,7-8,11-16H2,1H3,(H,23,25)/t17-,18?,22?/m0/s1. The number of allylic oxidation sites excluding steroid dienone is 2. The van der Waals surface area contributed by atoms with Crippen LogP contribution in [0, 0.1) is 5.92 Å². The lowest BCUT2D eigenvalue weighted by atomic mass is 9.81. The van der Waals surface area contributed by atoms with E-state index in [4.69, 9.17) is 4.74 Å². The van der Waals surface area contributed by atoms with Gasteiger partial charge < -0.3 is 15.0 Å². The lowest BCUT2D eigenvalue weighted by molar-refractivity contribution is 0.00766. The van der Waals surface area contributed by atoms with Crippen LogP contribution in [0.2, 0.25) is 0 Å². The van der Waals surface area contributed by atoms with Gasteiger partial charge >= 0.3 is 0 Å². The summed E-state index contributed by atoms with van der Waals surface area (Å²) in [7, 11) is 2.28. The zero-order valence-corrected chi connectivity index (χ0v) is 15.7. The van der Waals surface area contributed by atoms with Crippen LogP contribution in [0.5, 0.6) is 5.75 Å². The molecule has 26 heavy (non-hydrogen) atoms. The van der Waals surface area contributed by atoms with E-state index in [1.807, 2.05) is 24.3 Å². The Bertz CT molecular complexity index is 676. The van der Waals surface area contributed by atoms with E-state index in [1.165, 1.54) is 25.8 Å². The molecular weight excluding hydrogens is 324 g/mol. The Morgan fingerprint density at radius 3 is 2.77 bits per heavy atom. The van der Waals surface area contributed by atoms with Crippen LogP contribution in [0.1, 0.15) is 55.3 Å². The molecule has 1 atom stereocenters. The molecule has 3 aliphatic rings. The Kier molecular flexibility index (Phi) is 5.03. The molecule has 1 saturated carbocycles. The van der Waals surface area contributed by atoms with Crippen molar-refractivity contribution in [3.8, 4) is 5.75 Å². The molecule has 1 heterocycles. The minimum absolute atomic E-state index is 0.0120. The Labute approximate surface area is 156 Å². The second-order valence-electron chi connectivity index (χ2n) is 8.29. The summed E-state index contributed by atoms with van der Waals surface area (Å²) in [6.45, 7) is 1.81. The van der Waals surface area contributed by atoms with E-state index in [9.17, 15) is 4.79 Å². The molecule has 1 aliphatic heterocycles.